The Morgan fingerprint density at radius 2 is 1.97 bits per heavy atom. The predicted octanol–water partition coefficient (Wildman–Crippen LogP) is 3.04. The Hall–Kier alpha value is -3.30. The maximum Gasteiger partial charge on any atom is 0.154 e. The van der Waals surface area contributed by atoms with Crippen molar-refractivity contribution in [2.24, 2.45) is 13.0 Å². The van der Waals surface area contributed by atoms with E-state index in [9.17, 15) is 0 Å². The first kappa shape index (κ1) is 20.6. The highest BCUT2D eigenvalue weighted by Gasteiger charge is 2.28. The van der Waals surface area contributed by atoms with E-state index < -0.39 is 0 Å². The lowest BCUT2D eigenvalue weighted by atomic mass is 10.1. The normalized spacial score (nSPS) is 19.1. The van der Waals surface area contributed by atoms with Crippen LogP contribution in [0.25, 0.3) is 16.8 Å². The minimum atomic E-state index is 0.254. The molecule has 0 spiro atoms. The minimum Gasteiger partial charge on any atom is -0.372 e. The molecule has 0 saturated carbocycles. The number of ether oxygens (including phenoxy) is 1. The van der Waals surface area contributed by atoms with Crippen molar-refractivity contribution in [1.29, 1.82) is 0 Å². The summed E-state index contributed by atoms with van der Waals surface area (Å²) < 4.78 is 10.0. The third-order valence-electron chi connectivity index (χ3n) is 5.97. The Balaban J connectivity index is 1.37. The molecule has 1 fully saturated rings. The number of hydrogen-bond acceptors (Lipinski definition) is 7. The monoisotopic (exact) mass is 432 g/mol. The molecule has 5 rings (SSSR count). The molecule has 0 bridgehead atoms. The summed E-state index contributed by atoms with van der Waals surface area (Å²) in [6, 6.07) is 6.17. The van der Waals surface area contributed by atoms with E-state index in [0.717, 1.165) is 41.1 Å². The summed E-state index contributed by atoms with van der Waals surface area (Å²) in [4.78, 5) is 10.9. The van der Waals surface area contributed by atoms with Gasteiger partial charge in [-0.3, -0.25) is 9.67 Å². The number of nitrogens with zero attached hydrogens (tertiary/aromatic N) is 7. The van der Waals surface area contributed by atoms with Crippen LogP contribution in [0, 0.1) is 12.8 Å². The third-order valence-corrected chi connectivity index (χ3v) is 5.97. The first-order valence-corrected chi connectivity index (χ1v) is 10.8. The van der Waals surface area contributed by atoms with Crippen molar-refractivity contribution in [3.05, 3.63) is 54.2 Å². The second-order valence-electron chi connectivity index (χ2n) is 8.67. The first-order chi connectivity index (χ1) is 15.5. The van der Waals surface area contributed by atoms with Crippen molar-refractivity contribution < 1.29 is 4.74 Å². The fourth-order valence-corrected chi connectivity index (χ4v) is 4.34. The van der Waals surface area contributed by atoms with Crippen molar-refractivity contribution in [1.82, 2.24) is 34.3 Å². The van der Waals surface area contributed by atoms with E-state index in [1.54, 1.807) is 12.4 Å². The quantitative estimate of drug-likeness (QED) is 0.501. The maximum absolute atomic E-state index is 6.28. The molecule has 32 heavy (non-hydrogen) atoms. The van der Waals surface area contributed by atoms with Gasteiger partial charge in [-0.1, -0.05) is 6.92 Å². The summed E-state index contributed by atoms with van der Waals surface area (Å²) in [6.07, 6.45) is 7.55. The second-order valence-corrected chi connectivity index (χ2v) is 8.67. The van der Waals surface area contributed by atoms with Crippen LogP contribution in [0.5, 0.6) is 0 Å². The summed E-state index contributed by atoms with van der Waals surface area (Å²) in [5.41, 5.74) is 5.08. The highest BCUT2D eigenvalue weighted by atomic mass is 16.5. The number of fused-ring (bicyclic) bond motifs is 1. The maximum atomic E-state index is 6.28. The highest BCUT2D eigenvalue weighted by molar-refractivity contribution is 5.71. The van der Waals surface area contributed by atoms with Crippen LogP contribution in [0.15, 0.2) is 43.0 Å². The van der Waals surface area contributed by atoms with Gasteiger partial charge in [0.1, 0.15) is 5.82 Å². The Morgan fingerprint density at radius 3 is 2.72 bits per heavy atom. The largest absolute Gasteiger partial charge is 0.372 e. The zero-order valence-corrected chi connectivity index (χ0v) is 18.9. The van der Waals surface area contributed by atoms with Gasteiger partial charge in [0.2, 0.25) is 0 Å². The van der Waals surface area contributed by atoms with Crippen molar-refractivity contribution in [3.63, 3.8) is 0 Å². The zero-order valence-electron chi connectivity index (χ0n) is 18.9. The van der Waals surface area contributed by atoms with Gasteiger partial charge in [-0.05, 0) is 32.0 Å². The zero-order chi connectivity index (χ0) is 22.2. The van der Waals surface area contributed by atoms with Gasteiger partial charge in [-0.25, -0.2) is 9.50 Å². The molecule has 9 heteroatoms. The van der Waals surface area contributed by atoms with E-state index in [1.165, 1.54) is 0 Å². The molecule has 0 radical (unpaired) electrons. The number of anilines is 2. The lowest BCUT2D eigenvalue weighted by Crippen LogP contribution is -2.21. The molecule has 1 N–H and O–H groups in total. The van der Waals surface area contributed by atoms with Gasteiger partial charge in [0.05, 0.1) is 48.2 Å². The molecule has 4 aromatic heterocycles. The van der Waals surface area contributed by atoms with E-state index in [4.69, 9.17) is 4.74 Å². The number of hydrogen-bond donors (Lipinski definition) is 1. The van der Waals surface area contributed by atoms with Crippen LogP contribution in [-0.4, -0.2) is 60.5 Å². The molecular weight excluding hydrogens is 404 g/mol. The van der Waals surface area contributed by atoms with Gasteiger partial charge in [-0.2, -0.15) is 10.2 Å². The molecule has 2 atom stereocenters. The average molecular weight is 433 g/mol. The van der Waals surface area contributed by atoms with Crippen LogP contribution in [0.2, 0.25) is 0 Å². The van der Waals surface area contributed by atoms with Gasteiger partial charge in [0, 0.05) is 43.5 Å². The van der Waals surface area contributed by atoms with Crippen molar-refractivity contribution in [2.75, 3.05) is 25.5 Å². The molecular formula is C23H28N8O. The van der Waals surface area contributed by atoms with E-state index in [1.807, 2.05) is 41.6 Å². The lowest BCUT2D eigenvalue weighted by Gasteiger charge is -2.16. The summed E-state index contributed by atoms with van der Waals surface area (Å²) in [7, 11) is 4.11. The minimum absolute atomic E-state index is 0.254. The number of aryl methyl sites for hydroxylation is 2. The molecule has 0 aliphatic carbocycles. The third kappa shape index (κ3) is 4.09. The number of likely N-dealkylation sites (tertiary alicyclic amines) is 1. The standard InChI is InChI=1S/C23H28N8O/c1-15-12-29(3)13-20(15)32-14-18-10-26-30(4)23(18)17-5-6-31-19(7-17)8-21(28-31)27-22-11-24-16(2)9-25-22/h5-11,15,20H,12-14H2,1-4H3,(H,25,27,28)/t15-,20+/m1/s1. The molecule has 0 aromatic carbocycles. The van der Waals surface area contributed by atoms with Crippen molar-refractivity contribution >= 4 is 17.2 Å². The topological polar surface area (TPSA) is 85.4 Å². The smallest absolute Gasteiger partial charge is 0.154 e. The lowest BCUT2D eigenvalue weighted by molar-refractivity contribution is 0.0273. The Bertz CT molecular complexity index is 1230. The number of rotatable bonds is 6. The van der Waals surface area contributed by atoms with E-state index in [-0.39, 0.29) is 6.10 Å². The number of aromatic nitrogens is 6. The van der Waals surface area contributed by atoms with Crippen LogP contribution in [0.1, 0.15) is 18.2 Å². The van der Waals surface area contributed by atoms with Crippen LogP contribution in [0.3, 0.4) is 0 Å². The molecule has 1 aliphatic rings. The summed E-state index contributed by atoms with van der Waals surface area (Å²) in [5.74, 6) is 1.91. The molecule has 166 valence electrons. The fourth-order valence-electron chi connectivity index (χ4n) is 4.34. The van der Waals surface area contributed by atoms with Crippen LogP contribution < -0.4 is 5.32 Å². The number of nitrogens with one attached hydrogen (secondary N) is 1. The molecule has 1 saturated heterocycles. The number of pyridine rings is 1. The fraction of sp³-hybridized carbons (Fsp3) is 0.391. The van der Waals surface area contributed by atoms with Gasteiger partial charge in [0.25, 0.3) is 0 Å². The summed E-state index contributed by atoms with van der Waals surface area (Å²) in [6.45, 7) is 6.76. The van der Waals surface area contributed by atoms with Crippen LogP contribution >= 0.6 is 0 Å². The Labute approximate surface area is 187 Å². The molecule has 9 nitrogen and oxygen atoms in total. The van der Waals surface area contributed by atoms with Crippen molar-refractivity contribution in [3.8, 4) is 11.3 Å². The number of likely N-dealkylation sites (N-methyl/N-ethyl adjacent to an activating group) is 1. The highest BCUT2D eigenvalue weighted by Crippen LogP contribution is 2.28. The molecule has 0 unspecified atom stereocenters. The molecule has 1 aliphatic heterocycles. The summed E-state index contributed by atoms with van der Waals surface area (Å²) >= 11 is 0. The van der Waals surface area contributed by atoms with E-state index >= 15 is 0 Å². The van der Waals surface area contributed by atoms with E-state index in [2.05, 4.69) is 56.5 Å². The Morgan fingerprint density at radius 1 is 1.09 bits per heavy atom. The van der Waals surface area contributed by atoms with Gasteiger partial charge in [0.15, 0.2) is 5.82 Å². The van der Waals surface area contributed by atoms with Gasteiger partial charge in [-0.15, -0.1) is 0 Å². The van der Waals surface area contributed by atoms with Crippen LogP contribution in [-0.2, 0) is 18.4 Å². The van der Waals surface area contributed by atoms with Gasteiger partial charge >= 0.3 is 0 Å². The predicted molar refractivity (Wildman–Crippen MR) is 123 cm³/mol. The molecule has 4 aromatic rings. The molecule has 0 amide bonds. The average Bonchev–Trinajstić information content (AvgIpc) is 3.43. The summed E-state index contributed by atoms with van der Waals surface area (Å²) in [5, 5.41) is 12.3. The van der Waals surface area contributed by atoms with Gasteiger partial charge < -0.3 is 15.0 Å². The SMILES string of the molecule is Cc1cnc(Nc2cc3cc(-c4c(CO[C@H]5CN(C)C[C@H]5C)cnn4C)ccn3n2)cn1. The van der Waals surface area contributed by atoms with E-state index in [0.29, 0.717) is 24.2 Å². The second kappa shape index (κ2) is 8.33. The van der Waals surface area contributed by atoms with Crippen LogP contribution in [0.4, 0.5) is 11.6 Å². The first-order valence-electron chi connectivity index (χ1n) is 10.8. The molecule has 5 heterocycles. The Kier molecular flexibility index (Phi) is 5.36. The van der Waals surface area contributed by atoms with Crippen molar-refractivity contribution in [2.45, 2.75) is 26.6 Å².